The van der Waals surface area contributed by atoms with E-state index in [1.165, 1.54) is 6.92 Å². The average molecular weight is 133 g/mol. The van der Waals surface area contributed by atoms with Crippen LogP contribution in [-0.4, -0.2) is 23.8 Å². The SMILES string of the molecule is CCOC(=O)[C@@H](C)NO. The van der Waals surface area contributed by atoms with E-state index in [4.69, 9.17) is 5.21 Å². The van der Waals surface area contributed by atoms with Gasteiger partial charge in [-0.2, -0.15) is 5.48 Å². The molecule has 0 amide bonds. The van der Waals surface area contributed by atoms with Crippen molar-refractivity contribution in [1.82, 2.24) is 5.48 Å². The van der Waals surface area contributed by atoms with Crippen LogP contribution < -0.4 is 5.48 Å². The average Bonchev–Trinajstić information content (AvgIpc) is 1.87. The van der Waals surface area contributed by atoms with Gasteiger partial charge in [0.25, 0.3) is 0 Å². The van der Waals surface area contributed by atoms with Crippen LogP contribution in [-0.2, 0) is 9.53 Å². The van der Waals surface area contributed by atoms with Gasteiger partial charge in [0, 0.05) is 0 Å². The summed E-state index contributed by atoms with van der Waals surface area (Å²) in [5, 5.41) is 8.18. The molecule has 4 nitrogen and oxygen atoms in total. The summed E-state index contributed by atoms with van der Waals surface area (Å²) < 4.78 is 4.53. The van der Waals surface area contributed by atoms with E-state index in [0.717, 1.165) is 0 Å². The predicted molar refractivity (Wildman–Crippen MR) is 31.0 cm³/mol. The van der Waals surface area contributed by atoms with Gasteiger partial charge in [0.2, 0.25) is 0 Å². The van der Waals surface area contributed by atoms with Gasteiger partial charge in [0.1, 0.15) is 6.04 Å². The van der Waals surface area contributed by atoms with Crippen LogP contribution in [0.15, 0.2) is 0 Å². The monoisotopic (exact) mass is 133 g/mol. The summed E-state index contributed by atoms with van der Waals surface area (Å²) in [5.41, 5.74) is 1.77. The predicted octanol–water partition coefficient (Wildman–Crippen LogP) is -0.0832. The highest BCUT2D eigenvalue weighted by Crippen LogP contribution is 1.84. The fraction of sp³-hybridized carbons (Fsp3) is 0.800. The highest BCUT2D eigenvalue weighted by Gasteiger charge is 2.10. The van der Waals surface area contributed by atoms with Gasteiger partial charge in [0.15, 0.2) is 0 Å². The van der Waals surface area contributed by atoms with Crippen molar-refractivity contribution < 1.29 is 14.7 Å². The van der Waals surface area contributed by atoms with Crippen LogP contribution >= 0.6 is 0 Å². The second kappa shape index (κ2) is 4.29. The molecule has 4 heteroatoms. The first-order valence-corrected chi connectivity index (χ1v) is 2.78. The number of hydrogen-bond acceptors (Lipinski definition) is 4. The van der Waals surface area contributed by atoms with Crippen molar-refractivity contribution in [2.45, 2.75) is 19.9 Å². The van der Waals surface area contributed by atoms with Gasteiger partial charge >= 0.3 is 5.97 Å². The topological polar surface area (TPSA) is 58.6 Å². The Kier molecular flexibility index (Phi) is 4.00. The fourth-order valence-corrected chi connectivity index (χ4v) is 0.320. The highest BCUT2D eigenvalue weighted by molar-refractivity contribution is 5.74. The molecular weight excluding hydrogens is 122 g/mol. The molecule has 0 unspecified atom stereocenters. The van der Waals surface area contributed by atoms with Crippen LogP contribution in [0, 0.1) is 0 Å². The molecule has 0 aliphatic rings. The van der Waals surface area contributed by atoms with Crippen LogP contribution in [0.4, 0.5) is 0 Å². The van der Waals surface area contributed by atoms with Gasteiger partial charge in [-0.25, -0.2) is 0 Å². The molecule has 0 aliphatic heterocycles. The summed E-state index contributed by atoms with van der Waals surface area (Å²) in [7, 11) is 0. The summed E-state index contributed by atoms with van der Waals surface area (Å²) in [5.74, 6) is -0.444. The van der Waals surface area contributed by atoms with Crippen LogP contribution in [0.5, 0.6) is 0 Å². The minimum absolute atomic E-state index is 0.338. The third-order valence-electron chi connectivity index (χ3n) is 0.834. The van der Waals surface area contributed by atoms with E-state index in [9.17, 15) is 4.79 Å². The lowest BCUT2D eigenvalue weighted by molar-refractivity contribution is -0.147. The third-order valence-corrected chi connectivity index (χ3v) is 0.834. The molecule has 9 heavy (non-hydrogen) atoms. The fourth-order valence-electron chi connectivity index (χ4n) is 0.320. The van der Waals surface area contributed by atoms with Gasteiger partial charge in [-0.15, -0.1) is 0 Å². The number of carbonyl (C=O) groups excluding carboxylic acids is 1. The quantitative estimate of drug-likeness (QED) is 0.417. The van der Waals surface area contributed by atoms with Crippen molar-refractivity contribution in [2.24, 2.45) is 0 Å². The number of carbonyl (C=O) groups is 1. The number of hydroxylamine groups is 1. The van der Waals surface area contributed by atoms with E-state index in [-0.39, 0.29) is 0 Å². The standard InChI is InChI=1S/C5H11NO3/c1-3-9-5(7)4(2)6-8/h4,6,8H,3H2,1-2H3/t4-/m1/s1. The smallest absolute Gasteiger partial charge is 0.325 e. The Hall–Kier alpha value is -0.610. The lowest BCUT2D eigenvalue weighted by atomic mass is 10.4. The number of rotatable bonds is 3. The van der Waals surface area contributed by atoms with Crippen LogP contribution in [0.25, 0.3) is 0 Å². The zero-order chi connectivity index (χ0) is 7.28. The minimum atomic E-state index is -0.634. The minimum Gasteiger partial charge on any atom is -0.465 e. The van der Waals surface area contributed by atoms with Crippen molar-refractivity contribution in [2.75, 3.05) is 6.61 Å². The first-order valence-electron chi connectivity index (χ1n) is 2.78. The van der Waals surface area contributed by atoms with Gasteiger partial charge in [-0.1, -0.05) is 0 Å². The Morgan fingerprint density at radius 1 is 1.89 bits per heavy atom. The first kappa shape index (κ1) is 8.39. The van der Waals surface area contributed by atoms with Crippen molar-refractivity contribution in [1.29, 1.82) is 0 Å². The zero-order valence-electron chi connectivity index (χ0n) is 5.55. The summed E-state index contributed by atoms with van der Waals surface area (Å²) >= 11 is 0. The number of nitrogens with one attached hydrogen (secondary N) is 1. The van der Waals surface area contributed by atoms with Gasteiger partial charge in [0.05, 0.1) is 6.61 Å². The maximum atomic E-state index is 10.5. The normalized spacial score (nSPS) is 12.8. The third kappa shape index (κ3) is 3.05. The highest BCUT2D eigenvalue weighted by atomic mass is 16.5. The van der Waals surface area contributed by atoms with E-state index in [2.05, 4.69) is 4.74 Å². The summed E-state index contributed by atoms with van der Waals surface area (Å²) in [6.07, 6.45) is 0. The summed E-state index contributed by atoms with van der Waals surface area (Å²) in [6, 6.07) is -0.634. The maximum Gasteiger partial charge on any atom is 0.325 e. The Balaban J connectivity index is 3.46. The Bertz CT molecular complexity index is 94.2. The van der Waals surface area contributed by atoms with Gasteiger partial charge < -0.3 is 9.94 Å². The molecule has 1 atom stereocenters. The molecular formula is C5H11NO3. The largest absolute Gasteiger partial charge is 0.465 e. The number of esters is 1. The van der Waals surface area contributed by atoms with E-state index >= 15 is 0 Å². The molecule has 0 spiro atoms. The molecule has 0 saturated carbocycles. The second-order valence-electron chi connectivity index (χ2n) is 1.60. The molecule has 0 saturated heterocycles. The molecule has 0 heterocycles. The van der Waals surface area contributed by atoms with Crippen LogP contribution in [0.1, 0.15) is 13.8 Å². The van der Waals surface area contributed by atoms with E-state index in [1.54, 1.807) is 12.4 Å². The molecule has 0 rings (SSSR count). The van der Waals surface area contributed by atoms with E-state index in [0.29, 0.717) is 6.61 Å². The number of hydrogen-bond donors (Lipinski definition) is 2. The summed E-state index contributed by atoms with van der Waals surface area (Å²) in [4.78, 5) is 10.5. The molecule has 0 bridgehead atoms. The Labute approximate surface area is 53.8 Å². The molecule has 0 aliphatic carbocycles. The molecule has 0 aromatic rings. The van der Waals surface area contributed by atoms with Crippen molar-refractivity contribution in [3.05, 3.63) is 0 Å². The zero-order valence-corrected chi connectivity index (χ0v) is 5.55. The Morgan fingerprint density at radius 3 is 2.78 bits per heavy atom. The van der Waals surface area contributed by atoms with Gasteiger partial charge in [-0.05, 0) is 13.8 Å². The lowest BCUT2D eigenvalue weighted by Gasteiger charge is -2.06. The lowest BCUT2D eigenvalue weighted by Crippen LogP contribution is -2.32. The van der Waals surface area contributed by atoms with Crippen LogP contribution in [0.3, 0.4) is 0 Å². The van der Waals surface area contributed by atoms with Gasteiger partial charge in [-0.3, -0.25) is 4.79 Å². The molecule has 2 N–H and O–H groups in total. The summed E-state index contributed by atoms with van der Waals surface area (Å²) in [6.45, 7) is 3.56. The Morgan fingerprint density at radius 2 is 2.44 bits per heavy atom. The van der Waals surface area contributed by atoms with E-state index in [1.807, 2.05) is 0 Å². The first-order chi connectivity index (χ1) is 4.22. The van der Waals surface area contributed by atoms with Crippen molar-refractivity contribution in [3.8, 4) is 0 Å². The number of ether oxygens (including phenoxy) is 1. The van der Waals surface area contributed by atoms with E-state index < -0.39 is 12.0 Å². The van der Waals surface area contributed by atoms with Crippen molar-refractivity contribution >= 4 is 5.97 Å². The molecule has 0 aromatic heterocycles. The van der Waals surface area contributed by atoms with Crippen molar-refractivity contribution in [3.63, 3.8) is 0 Å². The molecule has 54 valence electrons. The molecule has 0 radical (unpaired) electrons. The molecule has 0 fully saturated rings. The second-order valence-corrected chi connectivity index (χ2v) is 1.60. The van der Waals surface area contributed by atoms with Crippen LogP contribution in [0.2, 0.25) is 0 Å². The maximum absolute atomic E-state index is 10.5. The molecule has 0 aromatic carbocycles.